The minimum Gasteiger partial charge on any atom is -0.496 e. The predicted octanol–water partition coefficient (Wildman–Crippen LogP) is 8.16. The van der Waals surface area contributed by atoms with Crippen molar-refractivity contribution in [1.29, 1.82) is 0 Å². The van der Waals surface area contributed by atoms with Gasteiger partial charge >= 0.3 is 5.97 Å². The van der Waals surface area contributed by atoms with Crippen molar-refractivity contribution in [2.75, 3.05) is 68.1 Å². The molecule has 12 nitrogen and oxygen atoms in total. The standard InChI is InChI=1S/C51H53N5O7/c1-53(19-11-18-49(57)62-5)37-21-32(12-10-15-36-25-45-41(27-46(36)60-3)51(59)56-39(30-54(45)2)24-35-14-7-9-17-44(35)56)20-33(22-37)31-63-48-28-42-40(26-47(48)61-4)50(58)55-38(29-52-42)23-34-13-6-8-16-43(34)55/h6-9,13-14,16-17,20-22,25-29,38-39H,10-12,15,18-19,23-24,30-31H2,1-5H3/t38-,39-/m0/s1. The number of nitrogens with zero attached hydrogens (tertiary/aromatic N) is 5. The van der Waals surface area contributed by atoms with Gasteiger partial charge in [-0.05, 0) is 102 Å². The van der Waals surface area contributed by atoms with Crippen LogP contribution in [0.2, 0.25) is 0 Å². The molecule has 0 N–H and O–H groups in total. The van der Waals surface area contributed by atoms with Crippen LogP contribution in [0.5, 0.6) is 17.2 Å². The SMILES string of the molecule is COC(=O)CCCN(C)c1cc(CCCc2cc3c(cc2OC)C(=O)N2c4ccccc4C[C@H]2CN3C)cc(COc2cc3c(cc2OC)C(=O)N2c4ccccc4C[C@H]2C=N3)c1. The van der Waals surface area contributed by atoms with Crippen molar-refractivity contribution >= 4 is 52.4 Å². The Morgan fingerprint density at radius 3 is 2.21 bits per heavy atom. The van der Waals surface area contributed by atoms with E-state index in [0.29, 0.717) is 59.9 Å². The number of aliphatic imine (C=N–C) groups is 1. The molecule has 0 aromatic heterocycles. The maximum Gasteiger partial charge on any atom is 0.305 e. The van der Waals surface area contributed by atoms with Crippen LogP contribution in [0, 0.1) is 0 Å². The first-order chi connectivity index (χ1) is 30.6. The first-order valence-corrected chi connectivity index (χ1v) is 21.7. The number of hydrogen-bond acceptors (Lipinski definition) is 10. The third-order valence-electron chi connectivity index (χ3n) is 12.8. The molecule has 0 saturated heterocycles. The molecule has 2 amide bonds. The van der Waals surface area contributed by atoms with Crippen LogP contribution in [0.15, 0.2) is 96.0 Å². The average molecular weight is 848 g/mol. The van der Waals surface area contributed by atoms with Crippen LogP contribution in [0.4, 0.5) is 28.4 Å². The number of esters is 1. The second-order valence-corrected chi connectivity index (χ2v) is 16.8. The van der Waals surface area contributed by atoms with Crippen LogP contribution < -0.4 is 33.8 Å². The third-order valence-corrected chi connectivity index (χ3v) is 12.8. The quantitative estimate of drug-likeness (QED) is 0.102. The number of rotatable bonds is 14. The highest BCUT2D eigenvalue weighted by Gasteiger charge is 2.40. The minimum atomic E-state index is -0.230. The van der Waals surface area contributed by atoms with Crippen LogP contribution in [0.25, 0.3) is 0 Å². The monoisotopic (exact) mass is 847 g/mol. The van der Waals surface area contributed by atoms with E-state index in [9.17, 15) is 14.4 Å². The Bertz CT molecular complexity index is 2630. The second kappa shape index (κ2) is 17.5. The number of fused-ring (bicyclic) bond motifs is 8. The summed E-state index contributed by atoms with van der Waals surface area (Å²) in [6.07, 6.45) is 6.73. The van der Waals surface area contributed by atoms with Gasteiger partial charge in [-0.3, -0.25) is 24.3 Å². The van der Waals surface area contributed by atoms with Gasteiger partial charge in [0, 0.05) is 75.1 Å². The summed E-state index contributed by atoms with van der Waals surface area (Å²) in [6, 6.07) is 30.1. The van der Waals surface area contributed by atoms with Crippen molar-refractivity contribution in [3.05, 3.63) is 130 Å². The van der Waals surface area contributed by atoms with Gasteiger partial charge in [0.05, 0.1) is 50.2 Å². The number of ether oxygens (including phenoxy) is 4. The Morgan fingerprint density at radius 2 is 1.44 bits per heavy atom. The zero-order valence-corrected chi connectivity index (χ0v) is 36.6. The van der Waals surface area contributed by atoms with Gasteiger partial charge in [-0.25, -0.2) is 0 Å². The van der Waals surface area contributed by atoms with Gasteiger partial charge in [-0.2, -0.15) is 0 Å². The number of carbonyl (C=O) groups excluding carboxylic acids is 3. The van der Waals surface area contributed by atoms with E-state index in [1.807, 2.05) is 65.5 Å². The molecule has 0 bridgehead atoms. The second-order valence-electron chi connectivity index (χ2n) is 16.8. The molecule has 63 heavy (non-hydrogen) atoms. The molecule has 0 radical (unpaired) electrons. The maximum absolute atomic E-state index is 14.2. The summed E-state index contributed by atoms with van der Waals surface area (Å²) in [6.45, 7) is 1.64. The number of carbonyl (C=O) groups is 3. The zero-order valence-electron chi connectivity index (χ0n) is 36.6. The summed E-state index contributed by atoms with van der Waals surface area (Å²) >= 11 is 0. The van der Waals surface area contributed by atoms with E-state index in [0.717, 1.165) is 77.2 Å². The van der Waals surface area contributed by atoms with Crippen LogP contribution in [0.3, 0.4) is 0 Å². The van der Waals surface area contributed by atoms with Crippen LogP contribution >= 0.6 is 0 Å². The highest BCUT2D eigenvalue weighted by atomic mass is 16.5. The van der Waals surface area contributed by atoms with Crippen molar-refractivity contribution in [3.8, 4) is 17.2 Å². The fourth-order valence-corrected chi connectivity index (χ4v) is 9.63. The Kier molecular flexibility index (Phi) is 11.5. The maximum atomic E-state index is 14.2. The number of methoxy groups -OCH3 is 3. The summed E-state index contributed by atoms with van der Waals surface area (Å²) < 4.78 is 23.1. The van der Waals surface area contributed by atoms with E-state index >= 15 is 0 Å². The van der Waals surface area contributed by atoms with Crippen molar-refractivity contribution in [2.24, 2.45) is 4.99 Å². The summed E-state index contributed by atoms with van der Waals surface area (Å²) in [5, 5.41) is 0. The summed E-state index contributed by atoms with van der Waals surface area (Å²) in [5.74, 6) is 1.31. The first-order valence-electron chi connectivity index (χ1n) is 21.7. The van der Waals surface area contributed by atoms with Gasteiger partial charge in [0.1, 0.15) is 12.4 Å². The number of hydrogen-bond donors (Lipinski definition) is 0. The van der Waals surface area contributed by atoms with Crippen LogP contribution in [-0.4, -0.2) is 84.6 Å². The third kappa shape index (κ3) is 8.06. The van der Waals surface area contributed by atoms with Gasteiger partial charge in [-0.15, -0.1) is 0 Å². The lowest BCUT2D eigenvalue weighted by Gasteiger charge is -2.25. The Morgan fingerprint density at radius 1 is 0.746 bits per heavy atom. The first kappa shape index (κ1) is 41.5. The molecule has 4 aliphatic heterocycles. The van der Waals surface area contributed by atoms with E-state index in [2.05, 4.69) is 53.2 Å². The van der Waals surface area contributed by atoms with Crippen molar-refractivity contribution < 1.29 is 33.3 Å². The number of amides is 2. The molecule has 4 heterocycles. The molecular formula is C51H53N5O7. The Balaban J connectivity index is 0.944. The van der Waals surface area contributed by atoms with Crippen molar-refractivity contribution in [2.45, 2.75) is 63.6 Å². The lowest BCUT2D eigenvalue weighted by molar-refractivity contribution is -0.140. The molecule has 5 aromatic carbocycles. The van der Waals surface area contributed by atoms with E-state index in [-0.39, 0.29) is 36.5 Å². The van der Waals surface area contributed by atoms with Gasteiger partial charge in [0.25, 0.3) is 11.8 Å². The summed E-state index contributed by atoms with van der Waals surface area (Å²) in [4.78, 5) is 53.0. The predicted molar refractivity (Wildman–Crippen MR) is 246 cm³/mol. The van der Waals surface area contributed by atoms with E-state index in [1.165, 1.54) is 12.7 Å². The summed E-state index contributed by atoms with van der Waals surface area (Å²) in [5.41, 5.74) is 11.0. The molecule has 2 atom stereocenters. The molecule has 5 aromatic rings. The molecule has 0 saturated carbocycles. The fraction of sp³-hybridized carbons (Fsp3) is 0.333. The van der Waals surface area contributed by atoms with Gasteiger partial charge in [0.2, 0.25) is 0 Å². The van der Waals surface area contributed by atoms with Crippen molar-refractivity contribution in [1.82, 2.24) is 0 Å². The lowest BCUT2D eigenvalue weighted by Crippen LogP contribution is -2.41. The normalized spacial score (nSPS) is 16.9. The average Bonchev–Trinajstić information content (AvgIpc) is 3.80. The lowest BCUT2D eigenvalue weighted by atomic mass is 9.98. The number of aryl methyl sites for hydroxylation is 2. The molecule has 0 aliphatic carbocycles. The van der Waals surface area contributed by atoms with Gasteiger partial charge in [0.15, 0.2) is 11.5 Å². The molecule has 324 valence electrons. The molecule has 4 aliphatic rings. The zero-order chi connectivity index (χ0) is 43.8. The van der Waals surface area contributed by atoms with Crippen LogP contribution in [-0.2, 0) is 41.8 Å². The van der Waals surface area contributed by atoms with E-state index in [4.69, 9.17) is 23.9 Å². The number of para-hydroxylation sites is 2. The molecular weight excluding hydrogens is 795 g/mol. The Labute approximate surface area is 368 Å². The number of anilines is 4. The smallest absolute Gasteiger partial charge is 0.305 e. The number of likely N-dealkylation sites (N-methyl/N-ethyl adjacent to an activating group) is 1. The topological polar surface area (TPSA) is 113 Å². The Hall–Kier alpha value is -6.82. The van der Waals surface area contributed by atoms with Crippen LogP contribution in [0.1, 0.15) is 67.8 Å². The van der Waals surface area contributed by atoms with Crippen molar-refractivity contribution in [3.63, 3.8) is 0 Å². The fourth-order valence-electron chi connectivity index (χ4n) is 9.63. The minimum absolute atomic E-state index is 0.00705. The molecule has 9 rings (SSSR count). The highest BCUT2D eigenvalue weighted by molar-refractivity contribution is 6.15. The molecule has 12 heteroatoms. The summed E-state index contributed by atoms with van der Waals surface area (Å²) in [7, 11) is 8.75. The molecule has 0 spiro atoms. The molecule has 0 fully saturated rings. The largest absolute Gasteiger partial charge is 0.496 e. The van der Waals surface area contributed by atoms with Gasteiger partial charge < -0.3 is 33.6 Å². The molecule has 0 unspecified atom stereocenters. The van der Waals surface area contributed by atoms with E-state index < -0.39 is 0 Å². The highest BCUT2D eigenvalue weighted by Crippen LogP contribution is 2.43. The number of benzene rings is 5. The van der Waals surface area contributed by atoms with E-state index in [1.54, 1.807) is 26.4 Å². The van der Waals surface area contributed by atoms with Gasteiger partial charge in [-0.1, -0.05) is 42.5 Å².